The fourth-order valence-corrected chi connectivity index (χ4v) is 3.29. The fourth-order valence-electron chi connectivity index (χ4n) is 2.20. The summed E-state index contributed by atoms with van der Waals surface area (Å²) in [6, 6.07) is 12.7. The number of rotatable bonds is 4. The molecule has 2 aromatic carbocycles. The summed E-state index contributed by atoms with van der Waals surface area (Å²) in [5, 5.41) is 8.44. The molecule has 0 saturated heterocycles. The quantitative estimate of drug-likeness (QED) is 0.778. The molecule has 0 aliphatic carbocycles. The van der Waals surface area contributed by atoms with Crippen molar-refractivity contribution >= 4 is 26.6 Å². The highest BCUT2D eigenvalue weighted by Gasteiger charge is 2.17. The monoisotopic (exact) mass is 301 g/mol. The molecule has 0 amide bonds. The summed E-state index contributed by atoms with van der Waals surface area (Å²) in [7, 11) is -3.63. The van der Waals surface area contributed by atoms with Crippen LogP contribution in [0.15, 0.2) is 53.6 Å². The van der Waals surface area contributed by atoms with Gasteiger partial charge in [0.25, 0.3) is 10.0 Å². The van der Waals surface area contributed by atoms with Crippen LogP contribution in [0, 0.1) is 0 Å². The fraction of sp³-hybridized carbons (Fsp3) is 0.133. The average molecular weight is 301 g/mol. The smallest absolute Gasteiger partial charge is 0.263 e. The molecule has 0 unspecified atom stereocenters. The third kappa shape index (κ3) is 2.62. The van der Waals surface area contributed by atoms with Crippen molar-refractivity contribution in [1.82, 2.24) is 10.2 Å². The zero-order valence-electron chi connectivity index (χ0n) is 11.5. The van der Waals surface area contributed by atoms with Crippen molar-refractivity contribution in [3.8, 4) is 0 Å². The van der Waals surface area contributed by atoms with Crippen molar-refractivity contribution in [2.24, 2.45) is 0 Å². The Morgan fingerprint density at radius 1 is 1.14 bits per heavy atom. The van der Waals surface area contributed by atoms with Gasteiger partial charge < -0.3 is 0 Å². The second-order valence-electron chi connectivity index (χ2n) is 4.74. The van der Waals surface area contributed by atoms with E-state index >= 15 is 0 Å². The summed E-state index contributed by atoms with van der Waals surface area (Å²) in [6.07, 6.45) is 2.32. The molecular formula is C15H15N3O2S. The van der Waals surface area contributed by atoms with Gasteiger partial charge in [-0.2, -0.15) is 5.10 Å². The molecule has 6 heteroatoms. The Morgan fingerprint density at radius 2 is 1.90 bits per heavy atom. The molecule has 0 atom stereocenters. The van der Waals surface area contributed by atoms with Crippen LogP contribution < -0.4 is 4.72 Å². The Kier molecular flexibility index (Phi) is 3.39. The predicted octanol–water partition coefficient (Wildman–Crippen LogP) is 2.93. The lowest BCUT2D eigenvalue weighted by atomic mass is 10.1. The van der Waals surface area contributed by atoms with Gasteiger partial charge in [-0.25, -0.2) is 8.42 Å². The van der Waals surface area contributed by atoms with Gasteiger partial charge in [-0.1, -0.05) is 37.3 Å². The van der Waals surface area contributed by atoms with Crippen LogP contribution in [0.3, 0.4) is 0 Å². The molecule has 0 saturated carbocycles. The lowest BCUT2D eigenvalue weighted by Crippen LogP contribution is -2.14. The maximum Gasteiger partial charge on any atom is 0.263 e. The van der Waals surface area contributed by atoms with Crippen molar-refractivity contribution in [2.75, 3.05) is 4.72 Å². The first kappa shape index (κ1) is 13.6. The second-order valence-corrected chi connectivity index (χ2v) is 6.42. The summed E-state index contributed by atoms with van der Waals surface area (Å²) in [5.41, 5.74) is 0.833. The highest BCUT2D eigenvalue weighted by molar-refractivity contribution is 7.92. The number of aromatic amines is 1. The summed E-state index contributed by atoms with van der Waals surface area (Å²) < 4.78 is 27.5. The van der Waals surface area contributed by atoms with Gasteiger partial charge in [0.1, 0.15) is 5.82 Å². The zero-order valence-corrected chi connectivity index (χ0v) is 12.3. The maximum atomic E-state index is 12.5. The normalized spacial score (nSPS) is 11.7. The van der Waals surface area contributed by atoms with Crippen molar-refractivity contribution in [2.45, 2.75) is 18.2 Å². The number of benzene rings is 2. The van der Waals surface area contributed by atoms with Gasteiger partial charge in [0.05, 0.1) is 11.1 Å². The first-order chi connectivity index (χ1) is 10.1. The largest absolute Gasteiger partial charge is 0.264 e. The van der Waals surface area contributed by atoms with Gasteiger partial charge >= 0.3 is 0 Å². The van der Waals surface area contributed by atoms with E-state index in [1.807, 2.05) is 31.2 Å². The highest BCUT2D eigenvalue weighted by atomic mass is 32.2. The molecule has 2 N–H and O–H groups in total. The molecule has 1 heterocycles. The van der Waals surface area contributed by atoms with Crippen molar-refractivity contribution in [3.05, 3.63) is 54.2 Å². The number of fused-ring (bicyclic) bond motifs is 1. The molecular weight excluding hydrogens is 286 g/mol. The molecule has 0 spiro atoms. The predicted molar refractivity (Wildman–Crippen MR) is 82.7 cm³/mol. The van der Waals surface area contributed by atoms with E-state index in [-0.39, 0.29) is 4.90 Å². The van der Waals surface area contributed by atoms with E-state index in [1.54, 1.807) is 24.4 Å². The van der Waals surface area contributed by atoms with Crippen LogP contribution in [0.4, 0.5) is 5.82 Å². The standard InChI is InChI=1S/C15H15N3O2S/c1-2-11-10-16-17-15(11)18-21(19,20)14-8-7-12-5-3-4-6-13(12)9-14/h3-10H,2H2,1H3,(H2,16,17,18). The Balaban J connectivity index is 2.00. The Hall–Kier alpha value is -2.34. The molecule has 3 rings (SSSR count). The van der Waals surface area contributed by atoms with Gasteiger partial charge in [-0.3, -0.25) is 9.82 Å². The Bertz CT molecular complexity index is 885. The van der Waals surface area contributed by atoms with E-state index in [2.05, 4.69) is 14.9 Å². The number of H-pyrrole nitrogens is 1. The molecule has 0 aliphatic heterocycles. The molecule has 3 aromatic rings. The van der Waals surface area contributed by atoms with E-state index in [9.17, 15) is 8.42 Å². The molecule has 0 aliphatic rings. The lowest BCUT2D eigenvalue weighted by molar-refractivity contribution is 0.601. The van der Waals surface area contributed by atoms with Gasteiger partial charge in [-0.05, 0) is 29.3 Å². The van der Waals surface area contributed by atoms with Crippen molar-refractivity contribution in [3.63, 3.8) is 0 Å². The van der Waals surface area contributed by atoms with Crippen LogP contribution in [0.25, 0.3) is 10.8 Å². The number of nitrogens with one attached hydrogen (secondary N) is 2. The van der Waals surface area contributed by atoms with Crippen molar-refractivity contribution in [1.29, 1.82) is 0 Å². The molecule has 5 nitrogen and oxygen atoms in total. The summed E-state index contributed by atoms with van der Waals surface area (Å²) in [4.78, 5) is 0.234. The molecule has 108 valence electrons. The number of aromatic nitrogens is 2. The summed E-state index contributed by atoms with van der Waals surface area (Å²) in [5.74, 6) is 0.422. The third-order valence-electron chi connectivity index (χ3n) is 3.37. The number of nitrogens with zero attached hydrogens (tertiary/aromatic N) is 1. The van der Waals surface area contributed by atoms with Crippen LogP contribution >= 0.6 is 0 Å². The van der Waals surface area contributed by atoms with Crippen LogP contribution in [0.1, 0.15) is 12.5 Å². The number of anilines is 1. The average Bonchev–Trinajstić information content (AvgIpc) is 2.93. The first-order valence-corrected chi connectivity index (χ1v) is 8.12. The lowest BCUT2D eigenvalue weighted by Gasteiger charge is -2.08. The minimum Gasteiger partial charge on any atom is -0.264 e. The first-order valence-electron chi connectivity index (χ1n) is 6.64. The second kappa shape index (κ2) is 5.21. The number of sulfonamides is 1. The van der Waals surface area contributed by atoms with Crippen molar-refractivity contribution < 1.29 is 8.42 Å². The SMILES string of the molecule is CCc1cn[nH]c1NS(=O)(=O)c1ccc2ccccc2c1. The Labute approximate surface area is 123 Å². The summed E-state index contributed by atoms with van der Waals surface area (Å²) >= 11 is 0. The van der Waals surface area contributed by atoms with E-state index in [0.29, 0.717) is 12.2 Å². The minimum absolute atomic E-state index is 0.234. The molecule has 0 radical (unpaired) electrons. The van der Waals surface area contributed by atoms with E-state index < -0.39 is 10.0 Å². The van der Waals surface area contributed by atoms with E-state index in [0.717, 1.165) is 16.3 Å². The Morgan fingerprint density at radius 3 is 2.67 bits per heavy atom. The van der Waals surface area contributed by atoms with Gasteiger partial charge in [0.2, 0.25) is 0 Å². The molecule has 0 fully saturated rings. The van der Waals surface area contributed by atoms with Crippen LogP contribution in [0.2, 0.25) is 0 Å². The minimum atomic E-state index is -3.63. The summed E-state index contributed by atoms with van der Waals surface area (Å²) in [6.45, 7) is 1.94. The van der Waals surface area contributed by atoms with E-state index in [4.69, 9.17) is 0 Å². The molecule has 21 heavy (non-hydrogen) atoms. The zero-order chi connectivity index (χ0) is 14.9. The maximum absolute atomic E-state index is 12.5. The van der Waals surface area contributed by atoms with Gasteiger partial charge in [-0.15, -0.1) is 0 Å². The topological polar surface area (TPSA) is 74.8 Å². The molecule has 1 aromatic heterocycles. The van der Waals surface area contributed by atoms with Crippen LogP contribution in [-0.2, 0) is 16.4 Å². The number of hydrogen-bond acceptors (Lipinski definition) is 3. The van der Waals surface area contributed by atoms with Gasteiger partial charge in [0.15, 0.2) is 0 Å². The van der Waals surface area contributed by atoms with Gasteiger partial charge in [0, 0.05) is 5.56 Å². The molecule has 0 bridgehead atoms. The number of hydrogen-bond donors (Lipinski definition) is 2. The third-order valence-corrected chi connectivity index (χ3v) is 4.71. The van der Waals surface area contributed by atoms with E-state index in [1.165, 1.54) is 0 Å². The van der Waals surface area contributed by atoms with Crippen LogP contribution in [0.5, 0.6) is 0 Å². The number of aryl methyl sites for hydroxylation is 1. The van der Waals surface area contributed by atoms with Crippen LogP contribution in [-0.4, -0.2) is 18.6 Å². The highest BCUT2D eigenvalue weighted by Crippen LogP contribution is 2.22.